The van der Waals surface area contributed by atoms with E-state index in [-0.39, 0.29) is 6.23 Å². The van der Waals surface area contributed by atoms with Crippen molar-refractivity contribution in [3.63, 3.8) is 0 Å². The van der Waals surface area contributed by atoms with Crippen LogP contribution in [-0.2, 0) is 11.3 Å². The molecule has 0 saturated heterocycles. The van der Waals surface area contributed by atoms with Gasteiger partial charge in [0.05, 0.1) is 26.6 Å². The minimum absolute atomic E-state index is 0.0105. The number of aliphatic imine (C=N–C) groups is 1. The van der Waals surface area contributed by atoms with Gasteiger partial charge in [-0.1, -0.05) is 6.07 Å². The van der Waals surface area contributed by atoms with Crippen LogP contribution < -0.4 is 4.74 Å². The molecule has 1 atom stereocenters. The van der Waals surface area contributed by atoms with E-state index in [0.717, 1.165) is 18.8 Å². The Morgan fingerprint density at radius 3 is 3.19 bits per heavy atom. The third kappa shape index (κ3) is 1.46. The van der Waals surface area contributed by atoms with Gasteiger partial charge in [0.25, 0.3) is 0 Å². The number of benzene rings is 1. The lowest BCUT2D eigenvalue weighted by Gasteiger charge is -2.22. The highest BCUT2D eigenvalue weighted by molar-refractivity contribution is 5.58. The monoisotopic (exact) mass is 218 g/mol. The summed E-state index contributed by atoms with van der Waals surface area (Å²) in [6.07, 6.45) is 1.88. The first-order valence-electron chi connectivity index (χ1n) is 5.42. The minimum atomic E-state index is 0.0105. The average Bonchev–Trinajstić information content (AvgIpc) is 2.96. The van der Waals surface area contributed by atoms with Crippen molar-refractivity contribution in [2.75, 3.05) is 20.2 Å². The van der Waals surface area contributed by atoms with Crippen LogP contribution in [0.4, 0.5) is 0 Å². The van der Waals surface area contributed by atoms with Gasteiger partial charge in [0.2, 0.25) is 0 Å². The summed E-state index contributed by atoms with van der Waals surface area (Å²) < 4.78 is 11.0. The van der Waals surface area contributed by atoms with Gasteiger partial charge in [0.1, 0.15) is 5.75 Å². The van der Waals surface area contributed by atoms with E-state index in [9.17, 15) is 0 Å². The maximum absolute atomic E-state index is 5.79. The van der Waals surface area contributed by atoms with Crippen molar-refractivity contribution < 1.29 is 9.47 Å². The minimum Gasteiger partial charge on any atom is -0.497 e. The van der Waals surface area contributed by atoms with E-state index in [0.29, 0.717) is 6.61 Å². The van der Waals surface area contributed by atoms with Crippen LogP contribution in [0.2, 0.25) is 0 Å². The fourth-order valence-corrected chi connectivity index (χ4v) is 2.17. The largest absolute Gasteiger partial charge is 0.497 e. The molecule has 1 unspecified atom stereocenters. The molecule has 0 aromatic heterocycles. The summed E-state index contributed by atoms with van der Waals surface area (Å²) in [6.45, 7) is 2.47. The van der Waals surface area contributed by atoms with Crippen LogP contribution in [0.3, 0.4) is 0 Å². The summed E-state index contributed by atoms with van der Waals surface area (Å²) in [4.78, 5) is 6.34. The molecule has 0 radical (unpaired) electrons. The number of rotatable bonds is 2. The normalized spacial score (nSPS) is 22.6. The molecular weight excluding hydrogens is 204 g/mol. The summed E-state index contributed by atoms with van der Waals surface area (Å²) in [5.74, 6) is 0.880. The molecule has 4 heteroatoms. The standard InChI is InChI=1S/C12H14N2O2/c1-15-10-3-2-9-7-16-12(11(9)6-10)14-5-4-13-8-14/h2-3,6,8,12H,4-5,7H2,1H3. The van der Waals surface area contributed by atoms with E-state index in [4.69, 9.17) is 9.47 Å². The van der Waals surface area contributed by atoms with Gasteiger partial charge in [0, 0.05) is 12.1 Å². The van der Waals surface area contributed by atoms with E-state index in [1.165, 1.54) is 11.1 Å². The number of methoxy groups -OCH3 is 1. The smallest absolute Gasteiger partial charge is 0.158 e. The maximum atomic E-state index is 5.79. The van der Waals surface area contributed by atoms with Gasteiger partial charge in [-0.2, -0.15) is 0 Å². The van der Waals surface area contributed by atoms with Crippen LogP contribution in [0.1, 0.15) is 17.4 Å². The lowest BCUT2D eigenvalue weighted by atomic mass is 10.1. The number of ether oxygens (including phenoxy) is 2. The zero-order valence-electron chi connectivity index (χ0n) is 9.22. The fraction of sp³-hybridized carbons (Fsp3) is 0.417. The predicted molar refractivity (Wildman–Crippen MR) is 60.6 cm³/mol. The predicted octanol–water partition coefficient (Wildman–Crippen LogP) is 1.57. The van der Waals surface area contributed by atoms with Gasteiger partial charge in [-0.25, -0.2) is 0 Å². The quantitative estimate of drug-likeness (QED) is 0.755. The molecule has 2 aliphatic heterocycles. The van der Waals surface area contributed by atoms with Gasteiger partial charge in [-0.3, -0.25) is 4.99 Å². The Bertz CT molecular complexity index is 431. The Labute approximate surface area is 94.5 Å². The number of hydrogen-bond donors (Lipinski definition) is 0. The molecule has 16 heavy (non-hydrogen) atoms. The number of nitrogens with zero attached hydrogens (tertiary/aromatic N) is 2. The van der Waals surface area contributed by atoms with Gasteiger partial charge in [-0.05, 0) is 17.7 Å². The number of fused-ring (bicyclic) bond motifs is 1. The highest BCUT2D eigenvalue weighted by atomic mass is 16.5. The second-order valence-electron chi connectivity index (χ2n) is 3.99. The van der Waals surface area contributed by atoms with Crippen molar-refractivity contribution >= 4 is 6.34 Å². The van der Waals surface area contributed by atoms with E-state index in [1.807, 2.05) is 12.4 Å². The van der Waals surface area contributed by atoms with Crippen molar-refractivity contribution in [2.24, 2.45) is 4.99 Å². The van der Waals surface area contributed by atoms with Crippen LogP contribution >= 0.6 is 0 Å². The number of hydrogen-bond acceptors (Lipinski definition) is 4. The average molecular weight is 218 g/mol. The molecule has 1 aromatic rings. The topological polar surface area (TPSA) is 34.1 Å². The maximum Gasteiger partial charge on any atom is 0.158 e. The van der Waals surface area contributed by atoms with Gasteiger partial charge >= 0.3 is 0 Å². The fourth-order valence-electron chi connectivity index (χ4n) is 2.17. The Balaban J connectivity index is 1.93. The first kappa shape index (κ1) is 9.66. The first-order valence-corrected chi connectivity index (χ1v) is 5.42. The Morgan fingerprint density at radius 1 is 1.50 bits per heavy atom. The Kier molecular flexibility index (Phi) is 2.29. The van der Waals surface area contributed by atoms with E-state index in [1.54, 1.807) is 7.11 Å². The molecule has 0 amide bonds. The molecule has 84 valence electrons. The molecule has 2 aliphatic rings. The van der Waals surface area contributed by atoms with Crippen LogP contribution in [-0.4, -0.2) is 31.4 Å². The molecule has 1 aromatic carbocycles. The van der Waals surface area contributed by atoms with Crippen molar-refractivity contribution in [1.29, 1.82) is 0 Å². The highest BCUT2D eigenvalue weighted by Crippen LogP contribution is 2.35. The van der Waals surface area contributed by atoms with Crippen LogP contribution in [0.15, 0.2) is 23.2 Å². The highest BCUT2D eigenvalue weighted by Gasteiger charge is 2.29. The van der Waals surface area contributed by atoms with Crippen molar-refractivity contribution in [2.45, 2.75) is 12.8 Å². The zero-order valence-corrected chi connectivity index (χ0v) is 9.22. The van der Waals surface area contributed by atoms with Crippen LogP contribution in [0, 0.1) is 0 Å². The van der Waals surface area contributed by atoms with Crippen LogP contribution in [0.5, 0.6) is 5.75 Å². The molecule has 0 aliphatic carbocycles. The third-order valence-corrected chi connectivity index (χ3v) is 3.03. The molecule has 4 nitrogen and oxygen atoms in total. The molecule has 2 heterocycles. The van der Waals surface area contributed by atoms with Crippen molar-refractivity contribution in [3.8, 4) is 5.75 Å². The summed E-state index contributed by atoms with van der Waals surface area (Å²) in [5, 5.41) is 0. The second-order valence-corrected chi connectivity index (χ2v) is 3.99. The van der Waals surface area contributed by atoms with E-state index in [2.05, 4.69) is 22.0 Å². The van der Waals surface area contributed by atoms with Crippen LogP contribution in [0.25, 0.3) is 0 Å². The summed E-state index contributed by atoms with van der Waals surface area (Å²) in [6, 6.07) is 6.10. The molecule has 0 fully saturated rings. The van der Waals surface area contributed by atoms with E-state index < -0.39 is 0 Å². The summed E-state index contributed by atoms with van der Waals surface area (Å²) in [5.41, 5.74) is 2.44. The van der Waals surface area contributed by atoms with Crippen molar-refractivity contribution in [1.82, 2.24) is 4.90 Å². The third-order valence-electron chi connectivity index (χ3n) is 3.03. The molecular formula is C12H14N2O2. The summed E-state index contributed by atoms with van der Waals surface area (Å²) >= 11 is 0. The van der Waals surface area contributed by atoms with Crippen molar-refractivity contribution in [3.05, 3.63) is 29.3 Å². The second kappa shape index (κ2) is 3.79. The molecule has 3 rings (SSSR count). The summed E-state index contributed by atoms with van der Waals surface area (Å²) in [7, 11) is 1.68. The molecule has 0 N–H and O–H groups in total. The van der Waals surface area contributed by atoms with Gasteiger partial charge in [-0.15, -0.1) is 0 Å². The first-order chi connectivity index (χ1) is 7.88. The zero-order chi connectivity index (χ0) is 11.0. The Morgan fingerprint density at radius 2 is 2.44 bits per heavy atom. The molecule has 0 spiro atoms. The Hall–Kier alpha value is -1.55. The SMILES string of the molecule is COc1ccc2c(c1)C(N1C=NCC1)OC2. The lowest BCUT2D eigenvalue weighted by Crippen LogP contribution is -2.25. The lowest BCUT2D eigenvalue weighted by molar-refractivity contribution is -0.0101. The van der Waals surface area contributed by atoms with E-state index >= 15 is 0 Å². The van der Waals surface area contributed by atoms with Gasteiger partial charge < -0.3 is 14.4 Å². The molecule has 0 saturated carbocycles. The molecule has 0 bridgehead atoms. The van der Waals surface area contributed by atoms with Gasteiger partial charge in [0.15, 0.2) is 6.23 Å².